The maximum atomic E-state index is 13.5. The molecule has 182 valence electrons. The third-order valence-corrected chi connectivity index (χ3v) is 7.51. The molecule has 6 aromatic carbocycles. The maximum absolute atomic E-state index is 13.5. The van der Waals surface area contributed by atoms with Gasteiger partial charge in [-0.05, 0) is 56.9 Å². The van der Waals surface area contributed by atoms with E-state index in [-0.39, 0.29) is 18.4 Å². The minimum Gasteiger partial charge on any atom is -0.380 e. The van der Waals surface area contributed by atoms with Crippen LogP contribution >= 0.6 is 0 Å². The zero-order valence-electron chi connectivity index (χ0n) is 20.6. The lowest BCUT2D eigenvalue weighted by molar-refractivity contribution is 0.0598. The fraction of sp³-hybridized carbons (Fsp3) is 0.0588. The summed E-state index contributed by atoms with van der Waals surface area (Å²) in [5.41, 5.74) is 4.17. The first kappa shape index (κ1) is 22.3. The van der Waals surface area contributed by atoms with Crippen molar-refractivity contribution in [3.63, 3.8) is 0 Å². The lowest BCUT2D eigenvalue weighted by Gasteiger charge is -2.28. The molecule has 0 aliphatic carbocycles. The van der Waals surface area contributed by atoms with Gasteiger partial charge in [-0.15, -0.1) is 0 Å². The van der Waals surface area contributed by atoms with Crippen molar-refractivity contribution in [2.24, 2.45) is 0 Å². The fourth-order valence-corrected chi connectivity index (χ4v) is 5.69. The van der Waals surface area contributed by atoms with Crippen molar-refractivity contribution < 1.29 is 9.59 Å². The molecule has 0 bridgehead atoms. The Hall–Kier alpha value is -4.96. The molecule has 0 atom stereocenters. The standard InChI is InChI=1S/C34H24N2O2/c37-33-28-16-8-15-27-31(18-17-29(32(27)28)34(38)36(33)21-22-9-2-1-3-10-22)35-20-30-25-13-6-4-11-23(25)19-24-12-5-7-14-26(24)30/h1-19,35H,20-21H2. The van der Waals surface area contributed by atoms with Crippen molar-refractivity contribution in [3.05, 3.63) is 138 Å². The SMILES string of the molecule is O=C1c2cccc3c(NCc4c5ccccc5cc5ccccc45)ccc(c23)C(=O)N1Cc1ccccc1. The van der Waals surface area contributed by atoms with E-state index in [4.69, 9.17) is 0 Å². The van der Waals surface area contributed by atoms with Crippen LogP contribution in [0.25, 0.3) is 32.3 Å². The van der Waals surface area contributed by atoms with Gasteiger partial charge in [0.25, 0.3) is 11.8 Å². The number of anilines is 1. The summed E-state index contributed by atoms with van der Waals surface area (Å²) in [5, 5.41) is 10.1. The summed E-state index contributed by atoms with van der Waals surface area (Å²) in [5.74, 6) is -0.511. The monoisotopic (exact) mass is 492 g/mol. The first-order valence-electron chi connectivity index (χ1n) is 12.8. The summed E-state index contributed by atoms with van der Waals surface area (Å²) in [6.07, 6.45) is 0. The molecule has 0 saturated heterocycles. The minimum atomic E-state index is -0.255. The van der Waals surface area contributed by atoms with Crippen LogP contribution in [0.15, 0.2) is 115 Å². The van der Waals surface area contributed by atoms with Crippen LogP contribution in [0.5, 0.6) is 0 Å². The molecule has 0 aromatic heterocycles. The van der Waals surface area contributed by atoms with Crippen molar-refractivity contribution in [2.75, 3.05) is 5.32 Å². The largest absolute Gasteiger partial charge is 0.380 e. The van der Waals surface area contributed by atoms with E-state index in [1.54, 1.807) is 0 Å². The van der Waals surface area contributed by atoms with E-state index in [2.05, 4.69) is 59.9 Å². The van der Waals surface area contributed by atoms with Gasteiger partial charge in [0.1, 0.15) is 0 Å². The summed E-state index contributed by atoms with van der Waals surface area (Å²) in [7, 11) is 0. The predicted molar refractivity (Wildman–Crippen MR) is 153 cm³/mol. The molecule has 0 fully saturated rings. The number of hydrogen-bond donors (Lipinski definition) is 1. The highest BCUT2D eigenvalue weighted by Gasteiger charge is 2.33. The van der Waals surface area contributed by atoms with E-state index >= 15 is 0 Å². The van der Waals surface area contributed by atoms with E-state index in [0.29, 0.717) is 17.7 Å². The van der Waals surface area contributed by atoms with Crippen LogP contribution in [0, 0.1) is 0 Å². The van der Waals surface area contributed by atoms with Gasteiger partial charge < -0.3 is 5.32 Å². The van der Waals surface area contributed by atoms with Gasteiger partial charge in [0.05, 0.1) is 6.54 Å². The summed E-state index contributed by atoms with van der Waals surface area (Å²) in [6.45, 7) is 0.866. The third-order valence-electron chi connectivity index (χ3n) is 7.51. The number of hydrogen-bond acceptors (Lipinski definition) is 3. The van der Waals surface area contributed by atoms with Crippen LogP contribution in [0.2, 0.25) is 0 Å². The molecule has 6 aromatic rings. The van der Waals surface area contributed by atoms with Crippen LogP contribution in [-0.4, -0.2) is 16.7 Å². The Morgan fingerprint density at radius 2 is 1.18 bits per heavy atom. The number of carbonyl (C=O) groups is 2. The number of imide groups is 1. The lowest BCUT2D eigenvalue weighted by atomic mass is 9.92. The zero-order valence-corrected chi connectivity index (χ0v) is 20.6. The lowest BCUT2D eigenvalue weighted by Crippen LogP contribution is -2.39. The topological polar surface area (TPSA) is 49.4 Å². The smallest absolute Gasteiger partial charge is 0.261 e. The fourth-order valence-electron chi connectivity index (χ4n) is 5.69. The highest BCUT2D eigenvalue weighted by atomic mass is 16.2. The summed E-state index contributed by atoms with van der Waals surface area (Å²) < 4.78 is 0. The van der Waals surface area contributed by atoms with Gasteiger partial charge in [0.15, 0.2) is 0 Å². The summed E-state index contributed by atoms with van der Waals surface area (Å²) in [6, 6.07) is 38.3. The van der Waals surface area contributed by atoms with Crippen molar-refractivity contribution >= 4 is 49.8 Å². The molecule has 1 N–H and O–H groups in total. The van der Waals surface area contributed by atoms with Crippen LogP contribution < -0.4 is 5.32 Å². The highest BCUT2D eigenvalue weighted by Crippen LogP contribution is 2.36. The van der Waals surface area contributed by atoms with Crippen LogP contribution in [-0.2, 0) is 13.1 Å². The molecule has 1 aliphatic rings. The normalized spacial score (nSPS) is 13.0. The molecule has 7 rings (SSSR count). The molecule has 0 saturated carbocycles. The van der Waals surface area contributed by atoms with Gasteiger partial charge in [-0.3, -0.25) is 14.5 Å². The van der Waals surface area contributed by atoms with E-state index in [0.717, 1.165) is 22.0 Å². The number of fused-ring (bicyclic) bond motifs is 2. The number of nitrogens with zero attached hydrogens (tertiary/aromatic N) is 1. The second kappa shape index (κ2) is 8.86. The number of carbonyl (C=O) groups excluding carboxylic acids is 2. The molecule has 0 radical (unpaired) electrons. The number of amides is 2. The number of nitrogens with one attached hydrogen (secondary N) is 1. The second-order valence-electron chi connectivity index (χ2n) is 9.72. The average molecular weight is 493 g/mol. The number of benzene rings is 6. The Morgan fingerprint density at radius 3 is 1.89 bits per heavy atom. The van der Waals surface area contributed by atoms with E-state index < -0.39 is 0 Å². The molecule has 1 aliphatic heterocycles. The van der Waals surface area contributed by atoms with Gasteiger partial charge in [-0.1, -0.05) is 91.0 Å². The number of rotatable bonds is 5. The Bertz CT molecular complexity index is 1820. The van der Waals surface area contributed by atoms with Crippen molar-refractivity contribution in [1.82, 2.24) is 4.90 Å². The van der Waals surface area contributed by atoms with Gasteiger partial charge in [0.2, 0.25) is 0 Å². The summed E-state index contributed by atoms with van der Waals surface area (Å²) >= 11 is 0. The maximum Gasteiger partial charge on any atom is 0.261 e. The Kier molecular flexibility index (Phi) is 5.19. The first-order valence-corrected chi connectivity index (χ1v) is 12.8. The molecule has 4 nitrogen and oxygen atoms in total. The van der Waals surface area contributed by atoms with Crippen LogP contribution in [0.4, 0.5) is 5.69 Å². The second-order valence-corrected chi connectivity index (χ2v) is 9.72. The van der Waals surface area contributed by atoms with Crippen molar-refractivity contribution in [1.29, 1.82) is 0 Å². The van der Waals surface area contributed by atoms with Crippen molar-refractivity contribution in [3.8, 4) is 0 Å². The Labute approximate surface area is 220 Å². The van der Waals surface area contributed by atoms with Gasteiger partial charge >= 0.3 is 0 Å². The molecule has 0 unspecified atom stereocenters. The predicted octanol–water partition coefficient (Wildman–Crippen LogP) is 7.55. The third kappa shape index (κ3) is 3.53. The van der Waals surface area contributed by atoms with E-state index in [9.17, 15) is 9.59 Å². The molecular formula is C34H24N2O2. The van der Waals surface area contributed by atoms with E-state index in [1.165, 1.54) is 32.0 Å². The molecule has 4 heteroatoms. The van der Waals surface area contributed by atoms with Crippen molar-refractivity contribution in [2.45, 2.75) is 13.1 Å². The molecule has 2 amide bonds. The Morgan fingerprint density at radius 1 is 0.579 bits per heavy atom. The van der Waals surface area contributed by atoms with Crippen LogP contribution in [0.3, 0.4) is 0 Å². The quantitative estimate of drug-likeness (QED) is 0.200. The Balaban J connectivity index is 1.29. The highest BCUT2D eigenvalue weighted by molar-refractivity contribution is 6.26. The van der Waals surface area contributed by atoms with Gasteiger partial charge in [0, 0.05) is 34.1 Å². The average Bonchev–Trinajstić information content (AvgIpc) is 2.97. The first-order chi connectivity index (χ1) is 18.7. The van der Waals surface area contributed by atoms with Gasteiger partial charge in [-0.2, -0.15) is 0 Å². The van der Waals surface area contributed by atoms with E-state index in [1.807, 2.05) is 60.7 Å². The molecule has 38 heavy (non-hydrogen) atoms. The molecular weight excluding hydrogens is 468 g/mol. The molecule has 1 heterocycles. The summed E-state index contributed by atoms with van der Waals surface area (Å²) in [4.78, 5) is 28.3. The minimum absolute atomic E-state index is 0.252. The zero-order chi connectivity index (χ0) is 25.6. The molecule has 0 spiro atoms. The van der Waals surface area contributed by atoms with Gasteiger partial charge in [-0.25, -0.2) is 0 Å². The van der Waals surface area contributed by atoms with Crippen LogP contribution in [0.1, 0.15) is 31.8 Å².